The molecule has 4 rings (SSSR count). The minimum atomic E-state index is -0.285. The van der Waals surface area contributed by atoms with E-state index in [1.165, 1.54) is 13.2 Å². The van der Waals surface area contributed by atoms with E-state index in [1.807, 2.05) is 41.8 Å². The predicted octanol–water partition coefficient (Wildman–Crippen LogP) is 5.02. The lowest BCUT2D eigenvalue weighted by molar-refractivity contribution is -0.119. The second-order valence-corrected chi connectivity index (χ2v) is 8.25. The van der Waals surface area contributed by atoms with Gasteiger partial charge in [-0.15, -0.1) is 22.7 Å². The maximum Gasteiger partial charge on any atom is 0.291 e. The van der Waals surface area contributed by atoms with Crippen molar-refractivity contribution >= 4 is 40.2 Å². The number of carbonyl (C=O) groups excluding carboxylic acids is 2. The van der Waals surface area contributed by atoms with E-state index in [2.05, 4.69) is 10.6 Å². The van der Waals surface area contributed by atoms with E-state index < -0.39 is 0 Å². The third-order valence-electron chi connectivity index (χ3n) is 4.06. The van der Waals surface area contributed by atoms with Crippen LogP contribution in [0.4, 0.5) is 5.69 Å². The molecule has 0 aliphatic carbocycles. The number of nitrogens with one attached hydrogen (secondary N) is 2. The van der Waals surface area contributed by atoms with Crippen LogP contribution in [0.2, 0.25) is 0 Å². The van der Waals surface area contributed by atoms with Gasteiger partial charge in [0.15, 0.2) is 5.76 Å². The summed E-state index contributed by atoms with van der Waals surface area (Å²) in [6, 6.07) is 14.9. The van der Waals surface area contributed by atoms with Crippen molar-refractivity contribution in [3.05, 3.63) is 70.8 Å². The Labute approximate surface area is 175 Å². The highest BCUT2D eigenvalue weighted by atomic mass is 32.1. The molecule has 0 aliphatic heterocycles. The molecule has 0 saturated heterocycles. The molecule has 3 aromatic heterocycles. The van der Waals surface area contributed by atoms with E-state index in [9.17, 15) is 9.59 Å². The number of hydrogen-bond acceptors (Lipinski definition) is 6. The smallest absolute Gasteiger partial charge is 0.291 e. The highest BCUT2D eigenvalue weighted by Crippen LogP contribution is 2.33. The molecule has 3 heterocycles. The van der Waals surface area contributed by atoms with Crippen LogP contribution in [0.25, 0.3) is 21.1 Å². The molecule has 1 aromatic carbocycles. The highest BCUT2D eigenvalue weighted by Gasteiger charge is 2.11. The number of hydrogen-bond donors (Lipinski definition) is 2. The number of carbonyl (C=O) groups is 2. The summed E-state index contributed by atoms with van der Waals surface area (Å²) in [5.41, 5.74) is 2.58. The molecule has 29 heavy (non-hydrogen) atoms. The van der Waals surface area contributed by atoms with Crippen LogP contribution in [0, 0.1) is 0 Å². The molecule has 8 heteroatoms. The van der Waals surface area contributed by atoms with Gasteiger partial charge in [-0.2, -0.15) is 0 Å². The van der Waals surface area contributed by atoms with Crippen LogP contribution < -0.4 is 10.6 Å². The van der Waals surface area contributed by atoms with Crippen molar-refractivity contribution in [1.29, 1.82) is 0 Å². The maximum absolute atomic E-state index is 12.0. The summed E-state index contributed by atoms with van der Waals surface area (Å²) in [6.07, 6.45) is 1.47. The number of anilines is 1. The summed E-state index contributed by atoms with van der Waals surface area (Å²) < 4.78 is 5.09. The molecule has 0 radical (unpaired) electrons. The van der Waals surface area contributed by atoms with Crippen molar-refractivity contribution in [2.75, 3.05) is 5.32 Å². The van der Waals surface area contributed by atoms with Gasteiger partial charge in [-0.25, -0.2) is 4.98 Å². The Hall–Kier alpha value is -3.23. The monoisotopic (exact) mass is 423 g/mol. The Morgan fingerprint density at radius 2 is 1.93 bits per heavy atom. The van der Waals surface area contributed by atoms with Gasteiger partial charge in [0.1, 0.15) is 5.01 Å². The fourth-order valence-electron chi connectivity index (χ4n) is 2.64. The molecule has 0 saturated carbocycles. The fraction of sp³-hybridized carbons (Fsp3) is 0.0952. The summed E-state index contributed by atoms with van der Waals surface area (Å²) in [4.78, 5) is 30.0. The van der Waals surface area contributed by atoms with Crippen molar-refractivity contribution in [1.82, 2.24) is 10.3 Å². The van der Waals surface area contributed by atoms with E-state index in [0.29, 0.717) is 12.2 Å². The van der Waals surface area contributed by atoms with E-state index in [-0.39, 0.29) is 17.6 Å². The standard InChI is InChI=1S/C21H17N3O3S2/c1-13(25)22-11-16-8-9-19(29-16)17-12-28-21(24-17)14-4-6-15(7-5-14)23-20(26)18-3-2-10-27-18/h2-10,12H,11H2,1H3,(H,22,25)(H,23,26). The number of thiophene rings is 1. The van der Waals surface area contributed by atoms with E-state index >= 15 is 0 Å². The largest absolute Gasteiger partial charge is 0.459 e. The van der Waals surface area contributed by atoms with Gasteiger partial charge in [0.2, 0.25) is 5.91 Å². The molecule has 4 aromatic rings. The third-order valence-corrected chi connectivity index (χ3v) is 6.06. The van der Waals surface area contributed by atoms with Gasteiger partial charge in [0, 0.05) is 28.4 Å². The first kappa shape index (κ1) is 19.1. The van der Waals surface area contributed by atoms with E-state index in [1.54, 1.807) is 34.8 Å². The Balaban J connectivity index is 1.44. The predicted molar refractivity (Wildman–Crippen MR) is 115 cm³/mol. The zero-order chi connectivity index (χ0) is 20.2. The van der Waals surface area contributed by atoms with Crippen LogP contribution >= 0.6 is 22.7 Å². The molecule has 0 atom stereocenters. The van der Waals surface area contributed by atoms with Crippen LogP contribution in [0.15, 0.2) is 64.6 Å². The van der Waals surface area contributed by atoms with Gasteiger partial charge in [-0.3, -0.25) is 9.59 Å². The highest BCUT2D eigenvalue weighted by molar-refractivity contribution is 7.16. The van der Waals surface area contributed by atoms with Crippen molar-refractivity contribution in [3.8, 4) is 21.1 Å². The number of benzene rings is 1. The summed E-state index contributed by atoms with van der Waals surface area (Å²) in [5, 5.41) is 8.53. The molecular weight excluding hydrogens is 406 g/mol. The zero-order valence-corrected chi connectivity index (χ0v) is 17.1. The maximum atomic E-state index is 12.0. The quantitative estimate of drug-likeness (QED) is 0.456. The molecule has 0 spiro atoms. The number of aromatic nitrogens is 1. The van der Waals surface area contributed by atoms with Crippen molar-refractivity contribution in [3.63, 3.8) is 0 Å². The molecule has 146 valence electrons. The average molecular weight is 424 g/mol. The molecule has 0 aliphatic rings. The molecule has 0 bridgehead atoms. The Kier molecular flexibility index (Phi) is 5.55. The van der Waals surface area contributed by atoms with Gasteiger partial charge >= 0.3 is 0 Å². The van der Waals surface area contributed by atoms with Crippen LogP contribution in [0.5, 0.6) is 0 Å². The van der Waals surface area contributed by atoms with Crippen molar-refractivity contribution in [2.45, 2.75) is 13.5 Å². The fourth-order valence-corrected chi connectivity index (χ4v) is 4.45. The summed E-state index contributed by atoms with van der Waals surface area (Å²) in [7, 11) is 0. The second-order valence-electron chi connectivity index (χ2n) is 6.22. The number of nitrogens with zero attached hydrogens (tertiary/aromatic N) is 1. The van der Waals surface area contributed by atoms with Crippen LogP contribution in [0.3, 0.4) is 0 Å². The van der Waals surface area contributed by atoms with E-state index in [4.69, 9.17) is 9.40 Å². The first-order valence-electron chi connectivity index (χ1n) is 8.83. The SMILES string of the molecule is CC(=O)NCc1ccc(-c2csc(-c3ccc(NC(=O)c4ccco4)cc3)n2)s1. The lowest BCUT2D eigenvalue weighted by Gasteiger charge is -2.04. The normalized spacial score (nSPS) is 10.7. The topological polar surface area (TPSA) is 84.2 Å². The van der Waals surface area contributed by atoms with Gasteiger partial charge < -0.3 is 15.1 Å². The first-order valence-corrected chi connectivity index (χ1v) is 10.5. The molecule has 0 fully saturated rings. The number of amides is 2. The second kappa shape index (κ2) is 8.42. The van der Waals surface area contributed by atoms with E-state index in [0.717, 1.165) is 26.0 Å². The van der Waals surface area contributed by atoms with Crippen molar-refractivity contribution in [2.24, 2.45) is 0 Å². The van der Waals surface area contributed by atoms with Crippen LogP contribution in [-0.4, -0.2) is 16.8 Å². The van der Waals surface area contributed by atoms with Gasteiger partial charge in [-0.05, 0) is 48.5 Å². The first-order chi connectivity index (χ1) is 14.1. The Morgan fingerprint density at radius 3 is 2.66 bits per heavy atom. The molecule has 6 nitrogen and oxygen atoms in total. The zero-order valence-electron chi connectivity index (χ0n) is 15.5. The van der Waals surface area contributed by atoms with Crippen LogP contribution in [0.1, 0.15) is 22.4 Å². The average Bonchev–Trinajstić information content (AvgIpc) is 3.48. The van der Waals surface area contributed by atoms with Gasteiger partial charge in [0.05, 0.1) is 23.4 Å². The van der Waals surface area contributed by atoms with Gasteiger partial charge in [0.25, 0.3) is 5.91 Å². The number of furan rings is 1. The number of thiazole rings is 1. The molecule has 2 amide bonds. The van der Waals surface area contributed by atoms with Crippen LogP contribution in [-0.2, 0) is 11.3 Å². The minimum Gasteiger partial charge on any atom is -0.459 e. The Morgan fingerprint density at radius 1 is 1.10 bits per heavy atom. The summed E-state index contributed by atoms with van der Waals surface area (Å²) >= 11 is 3.18. The lowest BCUT2D eigenvalue weighted by atomic mass is 10.2. The minimum absolute atomic E-state index is 0.0420. The molecule has 2 N–H and O–H groups in total. The summed E-state index contributed by atoms with van der Waals surface area (Å²) in [5.74, 6) is -0.0563. The van der Waals surface area contributed by atoms with Crippen molar-refractivity contribution < 1.29 is 14.0 Å². The third kappa shape index (κ3) is 4.61. The molecule has 0 unspecified atom stereocenters. The molecular formula is C21H17N3O3S2. The summed E-state index contributed by atoms with van der Waals surface area (Å²) in [6.45, 7) is 2.04. The van der Waals surface area contributed by atoms with Gasteiger partial charge in [-0.1, -0.05) is 0 Å². The lowest BCUT2D eigenvalue weighted by Crippen LogP contribution is -2.17. The Bertz CT molecular complexity index is 1130. The number of rotatable bonds is 6.